The summed E-state index contributed by atoms with van der Waals surface area (Å²) in [6.07, 6.45) is 4.78. The summed E-state index contributed by atoms with van der Waals surface area (Å²) in [5.41, 5.74) is 0.980. The lowest BCUT2D eigenvalue weighted by molar-refractivity contribution is 0.0962. The van der Waals surface area contributed by atoms with Gasteiger partial charge in [-0.3, -0.25) is 4.90 Å². The number of sulfonamides is 1. The van der Waals surface area contributed by atoms with Gasteiger partial charge in [-0.2, -0.15) is 0 Å². The van der Waals surface area contributed by atoms with E-state index in [1.54, 1.807) is 31.3 Å². The van der Waals surface area contributed by atoms with Crippen LogP contribution in [0.1, 0.15) is 44.6 Å². The van der Waals surface area contributed by atoms with E-state index in [9.17, 15) is 13.2 Å². The van der Waals surface area contributed by atoms with Crippen molar-refractivity contribution in [1.29, 1.82) is 0 Å². The number of benzene rings is 2. The standard InChI is InChI=1S/C27H37N3O4S/c1-21(19-29(2)35(32,33)26-11-7-4-8-12-26)15-16-30-24-13-14-25(30)18-23(17-24)28-27(31)34-20-22-9-5-3-6-10-22/h3-12,21,23-25H,13-20H2,1-2H3,(H,28,31)/t21-,23?,24?,25?/m0/s1. The minimum atomic E-state index is -3.46. The Morgan fingerprint density at radius 3 is 2.29 bits per heavy atom. The highest BCUT2D eigenvalue weighted by atomic mass is 32.2. The van der Waals surface area contributed by atoms with Crippen molar-refractivity contribution in [1.82, 2.24) is 14.5 Å². The summed E-state index contributed by atoms with van der Waals surface area (Å²) in [7, 11) is -1.80. The van der Waals surface area contributed by atoms with E-state index in [1.807, 2.05) is 36.4 Å². The van der Waals surface area contributed by atoms with Crippen molar-refractivity contribution >= 4 is 16.1 Å². The predicted molar refractivity (Wildman–Crippen MR) is 136 cm³/mol. The van der Waals surface area contributed by atoms with Gasteiger partial charge in [-0.15, -0.1) is 0 Å². The van der Waals surface area contributed by atoms with E-state index in [4.69, 9.17) is 4.74 Å². The highest BCUT2D eigenvalue weighted by molar-refractivity contribution is 7.89. The molecular formula is C27H37N3O4S. The molecule has 7 nitrogen and oxygen atoms in total. The van der Waals surface area contributed by atoms with Gasteiger partial charge in [0.2, 0.25) is 10.0 Å². The molecule has 0 saturated carbocycles. The first kappa shape index (κ1) is 25.7. The fraction of sp³-hybridized carbons (Fsp3) is 0.519. The SMILES string of the molecule is C[C@@H](CCN1C2CCC1CC(NC(=O)OCc1ccccc1)C2)CN(C)S(=O)(=O)c1ccccc1. The Morgan fingerprint density at radius 1 is 1.06 bits per heavy atom. The molecule has 0 aromatic heterocycles. The van der Waals surface area contributed by atoms with E-state index >= 15 is 0 Å². The molecule has 35 heavy (non-hydrogen) atoms. The lowest BCUT2D eigenvalue weighted by atomic mass is 9.96. The number of amides is 1. The first-order chi connectivity index (χ1) is 16.8. The van der Waals surface area contributed by atoms with E-state index in [2.05, 4.69) is 17.1 Å². The minimum Gasteiger partial charge on any atom is -0.445 e. The Bertz CT molecular complexity index is 1050. The van der Waals surface area contributed by atoms with Crippen molar-refractivity contribution in [2.24, 2.45) is 5.92 Å². The number of carbonyl (C=O) groups excluding carboxylic acids is 1. The topological polar surface area (TPSA) is 79.0 Å². The molecular weight excluding hydrogens is 462 g/mol. The normalized spacial score (nSPS) is 23.2. The monoisotopic (exact) mass is 499 g/mol. The van der Waals surface area contributed by atoms with Crippen LogP contribution in [0.25, 0.3) is 0 Å². The Kier molecular flexibility index (Phi) is 8.46. The van der Waals surface area contributed by atoms with Gasteiger partial charge < -0.3 is 10.1 Å². The molecule has 1 N–H and O–H groups in total. The number of nitrogens with zero attached hydrogens (tertiary/aromatic N) is 2. The molecule has 2 heterocycles. The first-order valence-corrected chi connectivity index (χ1v) is 14.0. The van der Waals surface area contributed by atoms with Crippen LogP contribution in [0.4, 0.5) is 4.79 Å². The van der Waals surface area contributed by atoms with E-state index in [1.165, 1.54) is 4.31 Å². The van der Waals surface area contributed by atoms with Crippen LogP contribution in [0.2, 0.25) is 0 Å². The van der Waals surface area contributed by atoms with Crippen LogP contribution >= 0.6 is 0 Å². The maximum atomic E-state index is 12.8. The molecule has 3 atom stereocenters. The quantitative estimate of drug-likeness (QED) is 0.529. The van der Waals surface area contributed by atoms with E-state index < -0.39 is 10.0 Å². The number of alkyl carbamates (subject to hydrolysis) is 1. The zero-order valence-corrected chi connectivity index (χ0v) is 21.5. The average molecular weight is 500 g/mol. The molecule has 0 spiro atoms. The lowest BCUT2D eigenvalue weighted by Gasteiger charge is -2.39. The largest absolute Gasteiger partial charge is 0.445 e. The van der Waals surface area contributed by atoms with E-state index in [0.717, 1.165) is 44.2 Å². The Morgan fingerprint density at radius 2 is 1.66 bits per heavy atom. The summed E-state index contributed by atoms with van der Waals surface area (Å²) in [6, 6.07) is 19.4. The summed E-state index contributed by atoms with van der Waals surface area (Å²) in [6.45, 7) is 3.86. The third kappa shape index (κ3) is 6.63. The van der Waals surface area contributed by atoms with E-state index in [-0.39, 0.29) is 24.7 Å². The summed E-state index contributed by atoms with van der Waals surface area (Å²) in [5, 5.41) is 3.07. The van der Waals surface area contributed by atoms with Crippen LogP contribution < -0.4 is 5.32 Å². The van der Waals surface area contributed by atoms with Crippen molar-refractivity contribution < 1.29 is 17.9 Å². The van der Waals surface area contributed by atoms with E-state index in [0.29, 0.717) is 23.5 Å². The molecule has 190 valence electrons. The number of hydrogen-bond acceptors (Lipinski definition) is 5. The van der Waals surface area contributed by atoms with Crippen molar-refractivity contribution in [2.75, 3.05) is 20.1 Å². The molecule has 2 saturated heterocycles. The van der Waals surface area contributed by atoms with Crippen molar-refractivity contribution in [3.63, 3.8) is 0 Å². The molecule has 0 aliphatic carbocycles. The smallest absolute Gasteiger partial charge is 0.407 e. The number of rotatable bonds is 10. The summed E-state index contributed by atoms with van der Waals surface area (Å²) < 4.78 is 32.5. The van der Waals surface area contributed by atoms with Crippen molar-refractivity contribution in [2.45, 2.75) is 68.7 Å². The van der Waals surface area contributed by atoms with Crippen LogP contribution in [0.3, 0.4) is 0 Å². The third-order valence-corrected chi connectivity index (χ3v) is 9.16. The number of piperidine rings is 1. The van der Waals surface area contributed by atoms with Crippen molar-refractivity contribution in [3.05, 3.63) is 66.2 Å². The Hall–Kier alpha value is -2.42. The summed E-state index contributed by atoms with van der Waals surface area (Å²) in [4.78, 5) is 15.2. The van der Waals surface area contributed by atoms with Crippen LogP contribution in [-0.4, -0.2) is 62.0 Å². The van der Waals surface area contributed by atoms with Gasteiger partial charge in [0.05, 0.1) is 4.90 Å². The van der Waals surface area contributed by atoms with Crippen LogP contribution in [0.5, 0.6) is 0 Å². The molecule has 2 unspecified atom stereocenters. The average Bonchev–Trinajstić information content (AvgIpc) is 3.10. The number of fused-ring (bicyclic) bond motifs is 2. The van der Waals surface area contributed by atoms with Gasteiger partial charge in [0.1, 0.15) is 6.61 Å². The van der Waals surface area contributed by atoms with Gasteiger partial charge in [-0.05, 0) is 62.3 Å². The van der Waals surface area contributed by atoms with Gasteiger partial charge >= 0.3 is 6.09 Å². The van der Waals surface area contributed by atoms with Crippen LogP contribution in [0, 0.1) is 5.92 Å². The number of ether oxygens (including phenoxy) is 1. The molecule has 2 aromatic rings. The molecule has 2 fully saturated rings. The molecule has 2 aliphatic heterocycles. The maximum Gasteiger partial charge on any atom is 0.407 e. The second-order valence-corrected chi connectivity index (χ2v) is 12.0. The van der Waals surface area contributed by atoms with Gasteiger partial charge in [0.25, 0.3) is 0 Å². The van der Waals surface area contributed by atoms with Gasteiger partial charge in [-0.1, -0.05) is 55.5 Å². The first-order valence-electron chi connectivity index (χ1n) is 12.6. The molecule has 0 radical (unpaired) electrons. The zero-order valence-electron chi connectivity index (χ0n) is 20.7. The van der Waals surface area contributed by atoms with Gasteiger partial charge in [-0.25, -0.2) is 17.5 Å². The predicted octanol–water partition coefficient (Wildman–Crippen LogP) is 4.26. The fourth-order valence-corrected chi connectivity index (χ4v) is 6.77. The van der Waals surface area contributed by atoms with Gasteiger partial charge in [0, 0.05) is 31.7 Å². The Balaban J connectivity index is 1.21. The number of hydrogen-bond donors (Lipinski definition) is 1. The second kappa shape index (κ2) is 11.5. The fourth-order valence-electron chi connectivity index (χ4n) is 5.46. The highest BCUT2D eigenvalue weighted by Crippen LogP contribution is 2.36. The minimum absolute atomic E-state index is 0.145. The lowest BCUT2D eigenvalue weighted by Crippen LogP contribution is -2.50. The highest BCUT2D eigenvalue weighted by Gasteiger charge is 2.41. The number of nitrogens with one attached hydrogen (secondary N) is 1. The second-order valence-electron chi connectivity index (χ2n) is 9.99. The molecule has 8 heteroatoms. The number of carbonyl (C=O) groups is 1. The third-order valence-electron chi connectivity index (χ3n) is 7.32. The molecule has 1 amide bonds. The van der Waals surface area contributed by atoms with Crippen molar-refractivity contribution in [3.8, 4) is 0 Å². The maximum absolute atomic E-state index is 12.8. The molecule has 2 bridgehead atoms. The van der Waals surface area contributed by atoms with Gasteiger partial charge in [0.15, 0.2) is 0 Å². The molecule has 2 aromatic carbocycles. The summed E-state index contributed by atoms with van der Waals surface area (Å²) in [5.74, 6) is 0.252. The Labute approximate surface area is 209 Å². The zero-order chi connectivity index (χ0) is 24.8. The summed E-state index contributed by atoms with van der Waals surface area (Å²) >= 11 is 0. The molecule has 4 rings (SSSR count). The van der Waals surface area contributed by atoms with Crippen LogP contribution in [-0.2, 0) is 21.4 Å². The molecule has 2 aliphatic rings. The van der Waals surface area contributed by atoms with Crippen LogP contribution in [0.15, 0.2) is 65.6 Å².